The van der Waals surface area contributed by atoms with Crippen molar-refractivity contribution >= 4 is 11.7 Å². The Bertz CT molecular complexity index is 349. The lowest BCUT2D eigenvalue weighted by atomic mass is 9.95. The summed E-state index contributed by atoms with van der Waals surface area (Å²) in [6.45, 7) is 7.68. The van der Waals surface area contributed by atoms with Crippen LogP contribution < -0.4 is 4.90 Å². The van der Waals surface area contributed by atoms with E-state index in [4.69, 9.17) is 0 Å². The van der Waals surface area contributed by atoms with E-state index < -0.39 is 0 Å². The second kappa shape index (κ2) is 4.01. The largest absolute Gasteiger partial charge is 0.300 e. The summed E-state index contributed by atoms with van der Waals surface area (Å²) in [5.74, 6) is 0.763. The molecule has 0 spiro atoms. The van der Waals surface area contributed by atoms with Gasteiger partial charge in [0.05, 0.1) is 0 Å². The van der Waals surface area contributed by atoms with Gasteiger partial charge in [-0.15, -0.1) is 0 Å². The first-order chi connectivity index (χ1) is 6.82. The number of carbonyl (C=O) groups is 1. The van der Waals surface area contributed by atoms with Crippen molar-refractivity contribution in [2.24, 2.45) is 5.41 Å². The number of carbonyl (C=O) groups excluding carboxylic acids is 1. The van der Waals surface area contributed by atoms with E-state index in [1.165, 1.54) is 0 Å². The minimum atomic E-state index is -0.374. The molecule has 0 saturated heterocycles. The average Bonchev–Trinajstić information content (AvgIpc) is 2.15. The molecule has 3 nitrogen and oxygen atoms in total. The standard InChI is InChI=1S/C12H18N2O/c1-9-6-7-10(13-8-9)14(5)11(15)12(2,3)4/h6-8H,1-5H3. The van der Waals surface area contributed by atoms with E-state index in [-0.39, 0.29) is 11.3 Å². The highest BCUT2D eigenvalue weighted by molar-refractivity contribution is 5.95. The summed E-state index contributed by atoms with van der Waals surface area (Å²) in [5.41, 5.74) is 0.719. The smallest absolute Gasteiger partial charge is 0.233 e. The van der Waals surface area contributed by atoms with Crippen LogP contribution in [0.25, 0.3) is 0 Å². The Kier molecular flexibility index (Phi) is 3.12. The molecule has 1 rings (SSSR count). The topological polar surface area (TPSA) is 33.2 Å². The number of aryl methyl sites for hydroxylation is 1. The van der Waals surface area contributed by atoms with Crippen LogP contribution in [0.2, 0.25) is 0 Å². The van der Waals surface area contributed by atoms with Gasteiger partial charge in [0.15, 0.2) is 0 Å². The third kappa shape index (κ3) is 2.78. The Morgan fingerprint density at radius 1 is 1.33 bits per heavy atom. The van der Waals surface area contributed by atoms with Gasteiger partial charge in [-0.05, 0) is 18.6 Å². The van der Waals surface area contributed by atoms with Crippen LogP contribution in [0.5, 0.6) is 0 Å². The van der Waals surface area contributed by atoms with Crippen molar-refractivity contribution in [1.29, 1.82) is 0 Å². The molecular formula is C12H18N2O. The van der Waals surface area contributed by atoms with Crippen LogP contribution in [0.4, 0.5) is 5.82 Å². The summed E-state index contributed by atoms with van der Waals surface area (Å²) >= 11 is 0. The SMILES string of the molecule is Cc1ccc(N(C)C(=O)C(C)(C)C)nc1. The van der Waals surface area contributed by atoms with Crippen molar-refractivity contribution in [3.05, 3.63) is 23.9 Å². The summed E-state index contributed by atoms with van der Waals surface area (Å²) in [7, 11) is 1.76. The van der Waals surface area contributed by atoms with Gasteiger partial charge in [-0.2, -0.15) is 0 Å². The Labute approximate surface area is 91.1 Å². The minimum absolute atomic E-state index is 0.0684. The van der Waals surface area contributed by atoms with Gasteiger partial charge in [-0.25, -0.2) is 4.98 Å². The highest BCUT2D eigenvalue weighted by Gasteiger charge is 2.26. The predicted molar refractivity (Wildman–Crippen MR) is 61.8 cm³/mol. The molecule has 0 bridgehead atoms. The zero-order valence-corrected chi connectivity index (χ0v) is 10.0. The summed E-state index contributed by atoms with van der Waals surface area (Å²) in [6.07, 6.45) is 1.77. The second-order valence-electron chi connectivity index (χ2n) is 4.81. The lowest BCUT2D eigenvalue weighted by Crippen LogP contribution is -2.37. The number of aromatic nitrogens is 1. The van der Waals surface area contributed by atoms with Crippen molar-refractivity contribution in [1.82, 2.24) is 4.98 Å². The molecule has 0 fully saturated rings. The Morgan fingerprint density at radius 3 is 2.33 bits per heavy atom. The number of amides is 1. The van der Waals surface area contributed by atoms with Gasteiger partial charge in [0.25, 0.3) is 0 Å². The lowest BCUT2D eigenvalue weighted by molar-refractivity contribution is -0.125. The summed E-state index contributed by atoms with van der Waals surface area (Å²) in [6, 6.07) is 3.81. The normalized spacial score (nSPS) is 11.3. The molecule has 0 aliphatic rings. The fraction of sp³-hybridized carbons (Fsp3) is 0.500. The van der Waals surface area contributed by atoms with Gasteiger partial charge in [-0.3, -0.25) is 9.69 Å². The van der Waals surface area contributed by atoms with Crippen LogP contribution in [-0.4, -0.2) is 17.9 Å². The first kappa shape index (κ1) is 11.7. The van der Waals surface area contributed by atoms with Gasteiger partial charge < -0.3 is 0 Å². The van der Waals surface area contributed by atoms with Crippen LogP contribution >= 0.6 is 0 Å². The van der Waals surface area contributed by atoms with E-state index in [9.17, 15) is 4.79 Å². The van der Waals surface area contributed by atoms with E-state index in [2.05, 4.69) is 4.98 Å². The summed E-state index contributed by atoms with van der Waals surface area (Å²) < 4.78 is 0. The average molecular weight is 206 g/mol. The highest BCUT2D eigenvalue weighted by atomic mass is 16.2. The number of hydrogen-bond acceptors (Lipinski definition) is 2. The maximum atomic E-state index is 11.9. The molecule has 0 unspecified atom stereocenters. The van der Waals surface area contributed by atoms with Crippen molar-refractivity contribution in [3.63, 3.8) is 0 Å². The molecule has 82 valence electrons. The molecular weight excluding hydrogens is 188 g/mol. The Hall–Kier alpha value is -1.38. The lowest BCUT2D eigenvalue weighted by Gasteiger charge is -2.25. The van der Waals surface area contributed by atoms with Crippen molar-refractivity contribution in [2.45, 2.75) is 27.7 Å². The zero-order valence-electron chi connectivity index (χ0n) is 10.0. The fourth-order valence-electron chi connectivity index (χ4n) is 1.27. The van der Waals surface area contributed by atoms with E-state index in [0.717, 1.165) is 5.56 Å². The Morgan fingerprint density at radius 2 is 1.93 bits per heavy atom. The van der Waals surface area contributed by atoms with E-state index >= 15 is 0 Å². The number of anilines is 1. The van der Waals surface area contributed by atoms with Gasteiger partial charge in [0, 0.05) is 18.7 Å². The number of nitrogens with zero attached hydrogens (tertiary/aromatic N) is 2. The molecule has 0 N–H and O–H groups in total. The predicted octanol–water partition coefficient (Wildman–Crippen LogP) is 2.40. The number of rotatable bonds is 1. The van der Waals surface area contributed by atoms with Crippen molar-refractivity contribution in [2.75, 3.05) is 11.9 Å². The third-order valence-electron chi connectivity index (χ3n) is 2.19. The molecule has 3 heteroatoms. The molecule has 0 aliphatic heterocycles. The van der Waals surface area contributed by atoms with E-state index in [0.29, 0.717) is 5.82 Å². The maximum absolute atomic E-state index is 11.9. The minimum Gasteiger partial charge on any atom is -0.300 e. The van der Waals surface area contributed by atoms with Gasteiger partial charge in [0.2, 0.25) is 5.91 Å². The third-order valence-corrected chi connectivity index (χ3v) is 2.19. The van der Waals surface area contributed by atoms with Crippen molar-refractivity contribution in [3.8, 4) is 0 Å². The van der Waals surface area contributed by atoms with Crippen LogP contribution in [0.3, 0.4) is 0 Å². The van der Waals surface area contributed by atoms with Crippen LogP contribution in [0.1, 0.15) is 26.3 Å². The molecule has 1 aromatic heterocycles. The highest BCUT2D eigenvalue weighted by Crippen LogP contribution is 2.20. The molecule has 0 radical (unpaired) electrons. The van der Waals surface area contributed by atoms with Gasteiger partial charge in [-0.1, -0.05) is 26.8 Å². The van der Waals surface area contributed by atoms with E-state index in [1.54, 1.807) is 18.1 Å². The molecule has 1 amide bonds. The monoisotopic (exact) mass is 206 g/mol. The molecule has 1 aromatic rings. The van der Waals surface area contributed by atoms with Crippen molar-refractivity contribution < 1.29 is 4.79 Å². The van der Waals surface area contributed by atoms with Gasteiger partial charge in [0.1, 0.15) is 5.82 Å². The Balaban J connectivity index is 2.90. The number of hydrogen-bond donors (Lipinski definition) is 0. The summed E-state index contributed by atoms with van der Waals surface area (Å²) in [4.78, 5) is 17.8. The first-order valence-electron chi connectivity index (χ1n) is 5.03. The molecule has 0 aromatic carbocycles. The molecule has 0 atom stereocenters. The molecule has 1 heterocycles. The second-order valence-corrected chi connectivity index (χ2v) is 4.81. The zero-order chi connectivity index (χ0) is 11.6. The first-order valence-corrected chi connectivity index (χ1v) is 5.03. The van der Waals surface area contributed by atoms with Gasteiger partial charge >= 0.3 is 0 Å². The molecule has 15 heavy (non-hydrogen) atoms. The quantitative estimate of drug-likeness (QED) is 0.707. The van der Waals surface area contributed by atoms with Crippen LogP contribution in [0.15, 0.2) is 18.3 Å². The molecule has 0 aliphatic carbocycles. The van der Waals surface area contributed by atoms with Crippen LogP contribution in [-0.2, 0) is 4.79 Å². The molecule has 0 saturated carbocycles. The summed E-state index contributed by atoms with van der Waals surface area (Å²) in [5, 5.41) is 0. The maximum Gasteiger partial charge on any atom is 0.233 e. The number of pyridine rings is 1. The fourth-order valence-corrected chi connectivity index (χ4v) is 1.27. The van der Waals surface area contributed by atoms with Crippen LogP contribution in [0, 0.1) is 12.3 Å². The van der Waals surface area contributed by atoms with E-state index in [1.807, 2.05) is 39.8 Å².